The molecule has 11 aromatic rings. The van der Waals surface area contributed by atoms with Gasteiger partial charge in [0.05, 0.1) is 5.69 Å². The molecule has 0 N–H and O–H groups in total. The Balaban J connectivity index is 1.16. The number of para-hydroxylation sites is 1. The van der Waals surface area contributed by atoms with Gasteiger partial charge >= 0.3 is 0 Å². The SMILES string of the molecule is c1ccc(-c2ccc(N(c3ccc4sc5ccccc5c4c3)c3ccccc3-c3cccc4c3ccc3ccc5ccc6ccccc6c5c34)cc2)cc1. The summed E-state index contributed by atoms with van der Waals surface area (Å²) >= 11 is 1.86. The molecule has 0 radical (unpaired) electrons. The average molecular weight is 704 g/mol. The van der Waals surface area contributed by atoms with Gasteiger partial charge in [0.25, 0.3) is 0 Å². The first-order chi connectivity index (χ1) is 26.8. The summed E-state index contributed by atoms with van der Waals surface area (Å²) in [7, 11) is 0. The van der Waals surface area contributed by atoms with Crippen molar-refractivity contribution in [2.75, 3.05) is 4.90 Å². The third-order valence-corrected chi connectivity index (χ3v) is 12.2. The van der Waals surface area contributed by atoms with E-state index in [1.165, 1.54) is 85.5 Å². The normalized spacial score (nSPS) is 11.7. The maximum atomic E-state index is 2.44. The lowest BCUT2D eigenvalue weighted by Crippen LogP contribution is -2.11. The second-order valence-corrected chi connectivity index (χ2v) is 15.1. The average Bonchev–Trinajstić information content (AvgIpc) is 3.62. The van der Waals surface area contributed by atoms with E-state index in [1.54, 1.807) is 0 Å². The molecule has 10 aromatic carbocycles. The maximum absolute atomic E-state index is 2.44. The molecular formula is C52H33NS. The Morgan fingerprint density at radius 1 is 0.315 bits per heavy atom. The maximum Gasteiger partial charge on any atom is 0.0540 e. The van der Waals surface area contributed by atoms with E-state index in [-0.39, 0.29) is 0 Å². The lowest BCUT2D eigenvalue weighted by Gasteiger charge is -2.28. The van der Waals surface area contributed by atoms with Gasteiger partial charge in [-0.3, -0.25) is 0 Å². The first kappa shape index (κ1) is 30.8. The number of benzene rings is 10. The fraction of sp³-hybridized carbons (Fsp3) is 0. The fourth-order valence-corrected chi connectivity index (χ4v) is 9.61. The van der Waals surface area contributed by atoms with Gasteiger partial charge in [-0.15, -0.1) is 11.3 Å². The van der Waals surface area contributed by atoms with Crippen molar-refractivity contribution < 1.29 is 0 Å². The minimum Gasteiger partial charge on any atom is -0.310 e. The van der Waals surface area contributed by atoms with Crippen molar-refractivity contribution in [3.63, 3.8) is 0 Å². The molecule has 54 heavy (non-hydrogen) atoms. The Kier molecular flexibility index (Phi) is 7.11. The molecule has 0 bridgehead atoms. The number of hydrogen-bond donors (Lipinski definition) is 0. The highest BCUT2D eigenvalue weighted by molar-refractivity contribution is 7.25. The van der Waals surface area contributed by atoms with Crippen LogP contribution in [0.4, 0.5) is 17.1 Å². The van der Waals surface area contributed by atoms with Crippen LogP contribution in [0.25, 0.3) is 85.5 Å². The van der Waals surface area contributed by atoms with Crippen molar-refractivity contribution in [1.82, 2.24) is 0 Å². The molecule has 1 aromatic heterocycles. The van der Waals surface area contributed by atoms with Gasteiger partial charge in [0.2, 0.25) is 0 Å². The highest BCUT2D eigenvalue weighted by Crippen LogP contribution is 2.46. The molecule has 2 heteroatoms. The first-order valence-corrected chi connectivity index (χ1v) is 19.3. The van der Waals surface area contributed by atoms with Crippen LogP contribution >= 0.6 is 11.3 Å². The topological polar surface area (TPSA) is 3.24 Å². The van der Waals surface area contributed by atoms with Crippen LogP contribution in [0, 0.1) is 0 Å². The van der Waals surface area contributed by atoms with Gasteiger partial charge in [-0.25, -0.2) is 0 Å². The van der Waals surface area contributed by atoms with Gasteiger partial charge < -0.3 is 4.90 Å². The molecule has 0 aliphatic carbocycles. The molecule has 1 heterocycles. The lowest BCUT2D eigenvalue weighted by molar-refractivity contribution is 1.29. The second kappa shape index (κ2) is 12.4. The van der Waals surface area contributed by atoms with E-state index in [9.17, 15) is 0 Å². The molecule has 0 saturated heterocycles. The van der Waals surface area contributed by atoms with Crippen molar-refractivity contribution in [1.29, 1.82) is 0 Å². The molecular weight excluding hydrogens is 671 g/mol. The van der Waals surface area contributed by atoms with Crippen LogP contribution in [-0.2, 0) is 0 Å². The van der Waals surface area contributed by atoms with E-state index >= 15 is 0 Å². The Hall–Kier alpha value is -6.74. The molecule has 0 fully saturated rings. The highest BCUT2D eigenvalue weighted by atomic mass is 32.1. The van der Waals surface area contributed by atoms with E-state index < -0.39 is 0 Å². The quantitative estimate of drug-likeness (QED) is 0.161. The van der Waals surface area contributed by atoms with Gasteiger partial charge in [-0.05, 0) is 102 Å². The Morgan fingerprint density at radius 2 is 0.907 bits per heavy atom. The number of thiophene rings is 1. The summed E-state index contributed by atoms with van der Waals surface area (Å²) in [4.78, 5) is 2.44. The first-order valence-electron chi connectivity index (χ1n) is 18.5. The molecule has 0 saturated carbocycles. The van der Waals surface area contributed by atoms with Gasteiger partial charge in [-0.1, -0.05) is 158 Å². The highest BCUT2D eigenvalue weighted by Gasteiger charge is 2.20. The largest absolute Gasteiger partial charge is 0.310 e. The van der Waals surface area contributed by atoms with Crippen LogP contribution in [0.3, 0.4) is 0 Å². The number of rotatable bonds is 5. The summed E-state index contributed by atoms with van der Waals surface area (Å²) in [6.45, 7) is 0. The molecule has 0 unspecified atom stereocenters. The van der Waals surface area contributed by atoms with Gasteiger partial charge in [0.1, 0.15) is 0 Å². The third kappa shape index (κ3) is 4.92. The summed E-state index contributed by atoms with van der Waals surface area (Å²) in [5.74, 6) is 0. The van der Waals surface area contributed by atoms with Crippen LogP contribution in [0.5, 0.6) is 0 Å². The monoisotopic (exact) mass is 703 g/mol. The number of hydrogen-bond acceptors (Lipinski definition) is 2. The lowest BCUT2D eigenvalue weighted by atomic mass is 9.90. The van der Waals surface area contributed by atoms with Crippen LogP contribution in [-0.4, -0.2) is 0 Å². The summed E-state index contributed by atoms with van der Waals surface area (Å²) in [5, 5.41) is 12.8. The number of fused-ring (bicyclic) bond motifs is 10. The Morgan fingerprint density at radius 3 is 1.76 bits per heavy atom. The Labute approximate surface area is 317 Å². The summed E-state index contributed by atoms with van der Waals surface area (Å²) < 4.78 is 2.61. The molecule has 252 valence electrons. The van der Waals surface area contributed by atoms with Crippen molar-refractivity contribution in [2.24, 2.45) is 0 Å². The smallest absolute Gasteiger partial charge is 0.0540 e. The van der Waals surface area contributed by atoms with E-state index in [4.69, 9.17) is 0 Å². The zero-order valence-corrected chi connectivity index (χ0v) is 30.2. The molecule has 1 nitrogen and oxygen atoms in total. The number of nitrogens with zero attached hydrogens (tertiary/aromatic N) is 1. The Bertz CT molecular complexity index is 3210. The fourth-order valence-electron chi connectivity index (χ4n) is 8.52. The molecule has 0 aliphatic heterocycles. The van der Waals surface area contributed by atoms with Gasteiger partial charge in [-0.2, -0.15) is 0 Å². The van der Waals surface area contributed by atoms with Crippen LogP contribution in [0.15, 0.2) is 200 Å². The van der Waals surface area contributed by atoms with Crippen LogP contribution < -0.4 is 4.90 Å². The van der Waals surface area contributed by atoms with E-state index in [2.05, 4.69) is 205 Å². The summed E-state index contributed by atoms with van der Waals surface area (Å²) in [5.41, 5.74) is 8.21. The minimum absolute atomic E-state index is 1.11. The van der Waals surface area contributed by atoms with Gasteiger partial charge in [0, 0.05) is 37.1 Å². The van der Waals surface area contributed by atoms with Crippen molar-refractivity contribution >= 4 is 91.7 Å². The zero-order valence-electron chi connectivity index (χ0n) is 29.4. The summed E-state index contributed by atoms with van der Waals surface area (Å²) in [6, 6.07) is 73.6. The van der Waals surface area contributed by atoms with Gasteiger partial charge in [0.15, 0.2) is 0 Å². The third-order valence-electron chi connectivity index (χ3n) is 11.0. The predicted octanol–water partition coefficient (Wildman–Crippen LogP) is 15.5. The van der Waals surface area contributed by atoms with E-state index in [0.717, 1.165) is 17.1 Å². The van der Waals surface area contributed by atoms with Crippen molar-refractivity contribution in [2.45, 2.75) is 0 Å². The number of anilines is 3. The molecule has 0 aliphatic rings. The molecule has 0 spiro atoms. The van der Waals surface area contributed by atoms with E-state index in [0.29, 0.717) is 0 Å². The van der Waals surface area contributed by atoms with Crippen molar-refractivity contribution in [3.8, 4) is 22.3 Å². The minimum atomic E-state index is 1.11. The van der Waals surface area contributed by atoms with Crippen LogP contribution in [0.2, 0.25) is 0 Å². The molecule has 11 rings (SSSR count). The van der Waals surface area contributed by atoms with Crippen molar-refractivity contribution in [3.05, 3.63) is 200 Å². The predicted molar refractivity (Wildman–Crippen MR) is 235 cm³/mol. The molecule has 0 amide bonds. The van der Waals surface area contributed by atoms with Crippen LogP contribution in [0.1, 0.15) is 0 Å². The van der Waals surface area contributed by atoms with E-state index in [1.807, 2.05) is 11.3 Å². The molecule has 0 atom stereocenters. The zero-order chi connectivity index (χ0) is 35.6. The summed E-state index contributed by atoms with van der Waals surface area (Å²) in [6.07, 6.45) is 0. The second-order valence-electron chi connectivity index (χ2n) is 14.1. The standard InChI is InChI=1S/C52H33NS/c1-2-11-34(12-3-1)35-25-28-39(29-26-35)53(40-30-32-50-47(33-40)45-16-7-9-20-49(45)54-50)48-19-8-6-15-44(48)42-17-10-18-46-43(42)31-27-38-24-23-37-22-21-36-13-4-5-14-41(36)51(37)52(38)46/h1-33H.